The van der Waals surface area contributed by atoms with E-state index in [-0.39, 0.29) is 22.5 Å². The fraction of sp³-hybridized carbons (Fsp3) is 0.214. The Hall–Kier alpha value is -2.32. The lowest BCUT2D eigenvalue weighted by Gasteiger charge is -2.14. The third kappa shape index (κ3) is 3.86. The Balaban J connectivity index is 2.10. The largest absolute Gasteiger partial charge is 0.344 e. The van der Waals surface area contributed by atoms with Crippen LogP contribution in [0.15, 0.2) is 41.6 Å². The second kappa shape index (κ2) is 6.20. The van der Waals surface area contributed by atoms with E-state index >= 15 is 0 Å². The highest BCUT2D eigenvalue weighted by Crippen LogP contribution is 2.15. The van der Waals surface area contributed by atoms with Gasteiger partial charge in [-0.3, -0.25) is 9.78 Å². The molecule has 1 atom stereocenters. The van der Waals surface area contributed by atoms with Gasteiger partial charge in [-0.15, -0.1) is 0 Å². The number of amides is 1. The van der Waals surface area contributed by atoms with E-state index in [1.54, 1.807) is 26.0 Å². The molecule has 1 aromatic carbocycles. The van der Waals surface area contributed by atoms with Crippen LogP contribution in [0.1, 0.15) is 34.7 Å². The number of sulfonamides is 1. The minimum Gasteiger partial charge on any atom is -0.344 e. The molecule has 1 heterocycles. The maximum atomic E-state index is 12.0. The monoisotopic (exact) mass is 320 g/mol. The molecule has 7 nitrogen and oxygen atoms in total. The first kappa shape index (κ1) is 16.1. The van der Waals surface area contributed by atoms with Crippen molar-refractivity contribution in [3.8, 4) is 0 Å². The molecule has 3 N–H and O–H groups in total. The average molecular weight is 320 g/mol. The number of primary sulfonamides is 1. The molecule has 1 aromatic heterocycles. The predicted molar refractivity (Wildman–Crippen MR) is 80.5 cm³/mol. The summed E-state index contributed by atoms with van der Waals surface area (Å²) < 4.78 is 22.4. The molecule has 0 aliphatic carbocycles. The smallest absolute Gasteiger partial charge is 0.271 e. The molecule has 8 heteroatoms. The third-order valence-corrected chi connectivity index (χ3v) is 4.00. The number of aromatic nitrogens is 2. The Kier molecular flexibility index (Phi) is 4.53. The van der Waals surface area contributed by atoms with Gasteiger partial charge >= 0.3 is 0 Å². The van der Waals surface area contributed by atoms with Crippen LogP contribution in [0.2, 0.25) is 0 Å². The van der Waals surface area contributed by atoms with Crippen molar-refractivity contribution in [1.82, 2.24) is 15.3 Å². The highest BCUT2D eigenvalue weighted by atomic mass is 32.2. The Bertz CT molecular complexity index is 771. The van der Waals surface area contributed by atoms with Crippen LogP contribution in [0.25, 0.3) is 0 Å². The van der Waals surface area contributed by atoms with Crippen LogP contribution < -0.4 is 10.5 Å². The van der Waals surface area contributed by atoms with Gasteiger partial charge in [0.1, 0.15) is 5.69 Å². The molecule has 0 fully saturated rings. The Labute approximate surface area is 128 Å². The first-order valence-corrected chi connectivity index (χ1v) is 8.04. The summed E-state index contributed by atoms with van der Waals surface area (Å²) in [5.74, 6) is -0.351. The molecule has 2 rings (SSSR count). The SMILES string of the molecule is Cc1cnc(C(=O)NC(C)c2ccc(S(N)(=O)=O)cc2)cn1. The number of hydrogen-bond donors (Lipinski definition) is 2. The zero-order chi connectivity index (χ0) is 16.3. The van der Waals surface area contributed by atoms with Crippen molar-refractivity contribution in [3.05, 3.63) is 53.6 Å². The number of carbonyl (C=O) groups excluding carboxylic acids is 1. The van der Waals surface area contributed by atoms with Crippen LogP contribution in [-0.4, -0.2) is 24.3 Å². The number of benzene rings is 1. The van der Waals surface area contributed by atoms with Gasteiger partial charge in [0.2, 0.25) is 10.0 Å². The summed E-state index contributed by atoms with van der Waals surface area (Å²) in [5.41, 5.74) is 1.70. The molecule has 0 saturated heterocycles. The molecule has 0 aliphatic heterocycles. The molecular weight excluding hydrogens is 304 g/mol. The van der Waals surface area contributed by atoms with Gasteiger partial charge in [-0.25, -0.2) is 18.5 Å². The van der Waals surface area contributed by atoms with Crippen LogP contribution in [0.4, 0.5) is 0 Å². The lowest BCUT2D eigenvalue weighted by Crippen LogP contribution is -2.27. The molecule has 1 amide bonds. The van der Waals surface area contributed by atoms with E-state index in [0.717, 1.165) is 11.3 Å². The quantitative estimate of drug-likeness (QED) is 0.869. The van der Waals surface area contributed by atoms with E-state index in [1.165, 1.54) is 24.5 Å². The van der Waals surface area contributed by atoms with Crippen molar-refractivity contribution in [2.75, 3.05) is 0 Å². The topological polar surface area (TPSA) is 115 Å². The van der Waals surface area contributed by atoms with Crippen LogP contribution in [0, 0.1) is 6.92 Å². The fourth-order valence-electron chi connectivity index (χ4n) is 1.81. The van der Waals surface area contributed by atoms with Crippen LogP contribution in [-0.2, 0) is 10.0 Å². The van der Waals surface area contributed by atoms with E-state index in [4.69, 9.17) is 5.14 Å². The highest BCUT2D eigenvalue weighted by molar-refractivity contribution is 7.89. The van der Waals surface area contributed by atoms with Crippen LogP contribution in [0.3, 0.4) is 0 Å². The van der Waals surface area contributed by atoms with Gasteiger partial charge in [-0.1, -0.05) is 12.1 Å². The molecule has 0 aliphatic rings. The van der Waals surface area contributed by atoms with E-state index in [2.05, 4.69) is 15.3 Å². The normalized spacial score (nSPS) is 12.7. The Morgan fingerprint density at radius 3 is 2.32 bits per heavy atom. The summed E-state index contributed by atoms with van der Waals surface area (Å²) >= 11 is 0. The number of nitrogens with one attached hydrogen (secondary N) is 1. The van der Waals surface area contributed by atoms with Crippen molar-refractivity contribution >= 4 is 15.9 Å². The summed E-state index contributed by atoms with van der Waals surface area (Å²) in [6.45, 7) is 3.57. The summed E-state index contributed by atoms with van der Waals surface area (Å²) in [6.07, 6.45) is 2.92. The average Bonchev–Trinajstić information content (AvgIpc) is 2.47. The second-order valence-electron chi connectivity index (χ2n) is 4.85. The zero-order valence-corrected chi connectivity index (χ0v) is 13.0. The van der Waals surface area contributed by atoms with Gasteiger partial charge in [0.05, 0.1) is 22.8 Å². The highest BCUT2D eigenvalue weighted by Gasteiger charge is 2.14. The number of rotatable bonds is 4. The molecule has 22 heavy (non-hydrogen) atoms. The van der Waals surface area contributed by atoms with Crippen LogP contribution >= 0.6 is 0 Å². The molecule has 1 unspecified atom stereocenters. The van der Waals surface area contributed by atoms with E-state index in [0.29, 0.717) is 0 Å². The number of carbonyl (C=O) groups is 1. The minimum absolute atomic E-state index is 0.0270. The van der Waals surface area contributed by atoms with Crippen molar-refractivity contribution in [2.24, 2.45) is 5.14 Å². The van der Waals surface area contributed by atoms with Crippen molar-refractivity contribution < 1.29 is 13.2 Å². The first-order valence-electron chi connectivity index (χ1n) is 6.49. The molecule has 116 valence electrons. The fourth-order valence-corrected chi connectivity index (χ4v) is 2.33. The van der Waals surface area contributed by atoms with Crippen LogP contribution in [0.5, 0.6) is 0 Å². The maximum absolute atomic E-state index is 12.0. The molecular formula is C14H16N4O3S. The lowest BCUT2D eigenvalue weighted by molar-refractivity contribution is 0.0934. The molecule has 0 radical (unpaired) electrons. The molecule has 0 spiro atoms. The van der Waals surface area contributed by atoms with Gasteiger partial charge in [0.25, 0.3) is 5.91 Å². The van der Waals surface area contributed by atoms with Gasteiger partial charge in [-0.2, -0.15) is 0 Å². The third-order valence-electron chi connectivity index (χ3n) is 3.07. The second-order valence-corrected chi connectivity index (χ2v) is 6.41. The summed E-state index contributed by atoms with van der Waals surface area (Å²) in [6, 6.07) is 5.69. The predicted octanol–water partition coefficient (Wildman–Crippen LogP) is 0.923. The molecule has 0 bridgehead atoms. The van der Waals surface area contributed by atoms with Crippen molar-refractivity contribution in [1.29, 1.82) is 0 Å². The Morgan fingerprint density at radius 2 is 1.82 bits per heavy atom. The van der Waals surface area contributed by atoms with E-state index in [9.17, 15) is 13.2 Å². The minimum atomic E-state index is -3.72. The van der Waals surface area contributed by atoms with Gasteiger partial charge in [0, 0.05) is 6.20 Å². The maximum Gasteiger partial charge on any atom is 0.271 e. The van der Waals surface area contributed by atoms with Gasteiger partial charge in [-0.05, 0) is 31.5 Å². The van der Waals surface area contributed by atoms with E-state index in [1.807, 2.05) is 0 Å². The summed E-state index contributed by atoms with van der Waals surface area (Å²) in [4.78, 5) is 20.1. The summed E-state index contributed by atoms with van der Waals surface area (Å²) in [5, 5.41) is 7.81. The number of nitrogens with two attached hydrogens (primary N) is 1. The first-order chi connectivity index (χ1) is 10.3. The number of nitrogens with zero attached hydrogens (tertiary/aromatic N) is 2. The van der Waals surface area contributed by atoms with Crippen molar-refractivity contribution in [3.63, 3.8) is 0 Å². The van der Waals surface area contributed by atoms with Gasteiger partial charge in [0.15, 0.2) is 0 Å². The standard InChI is InChI=1S/C14H16N4O3S/c1-9-7-17-13(8-16-9)14(19)18-10(2)11-3-5-12(6-4-11)22(15,20)21/h3-8,10H,1-2H3,(H,18,19)(H2,15,20,21). The zero-order valence-electron chi connectivity index (χ0n) is 12.1. The van der Waals surface area contributed by atoms with Crippen molar-refractivity contribution in [2.45, 2.75) is 24.8 Å². The lowest BCUT2D eigenvalue weighted by atomic mass is 10.1. The van der Waals surface area contributed by atoms with Gasteiger partial charge < -0.3 is 5.32 Å². The summed E-state index contributed by atoms with van der Waals surface area (Å²) in [7, 11) is -3.72. The molecule has 0 saturated carbocycles. The van der Waals surface area contributed by atoms with E-state index < -0.39 is 10.0 Å². The Morgan fingerprint density at radius 1 is 1.18 bits per heavy atom. The number of hydrogen-bond acceptors (Lipinski definition) is 5. The molecule has 2 aromatic rings. The number of aryl methyl sites for hydroxylation is 1.